The first-order valence-corrected chi connectivity index (χ1v) is 4.04. The van der Waals surface area contributed by atoms with E-state index in [9.17, 15) is 15.0 Å². The number of hydrogen-bond acceptors (Lipinski definition) is 7. The van der Waals surface area contributed by atoms with Gasteiger partial charge in [0.1, 0.15) is 0 Å². The average Bonchev–Trinajstić information content (AvgIpc) is 2.10. The van der Waals surface area contributed by atoms with Gasteiger partial charge in [0.05, 0.1) is 19.1 Å². The van der Waals surface area contributed by atoms with Gasteiger partial charge < -0.3 is 14.9 Å². The Kier molecular flexibility index (Phi) is 3.13. The van der Waals surface area contributed by atoms with Crippen LogP contribution in [0.2, 0.25) is 0 Å². The van der Waals surface area contributed by atoms with Gasteiger partial charge in [-0.1, -0.05) is 0 Å². The van der Waals surface area contributed by atoms with Crippen LogP contribution in [-0.4, -0.2) is 33.3 Å². The summed E-state index contributed by atoms with van der Waals surface area (Å²) in [4.78, 5) is 17.8. The lowest BCUT2D eigenvalue weighted by molar-refractivity contribution is -0.139. The number of nitrogens with zero attached hydrogens (tertiary/aromatic N) is 2. The number of thiol groups is 1. The number of methoxy groups -OCH3 is 1. The molecule has 0 saturated heterocycles. The summed E-state index contributed by atoms with van der Waals surface area (Å²) in [6, 6.07) is 0. The smallest absolute Gasteiger partial charge is 0.310 e. The van der Waals surface area contributed by atoms with Crippen LogP contribution in [0.25, 0.3) is 0 Å². The van der Waals surface area contributed by atoms with Crippen molar-refractivity contribution in [2.24, 2.45) is 0 Å². The molecular weight excluding hydrogens is 208 g/mol. The largest absolute Gasteiger partial charge is 0.493 e. The van der Waals surface area contributed by atoms with Crippen LogP contribution in [0, 0.1) is 0 Å². The molecule has 0 aliphatic carbocycles. The fraction of sp³-hybridized carbons (Fsp3) is 0.286. The molecule has 1 aromatic heterocycles. The summed E-state index contributed by atoms with van der Waals surface area (Å²) in [5, 5.41) is 18.4. The minimum atomic E-state index is -0.605. The highest BCUT2D eigenvalue weighted by molar-refractivity contribution is 7.80. The summed E-state index contributed by atoms with van der Waals surface area (Å²) in [5.74, 6) is -1.56. The van der Waals surface area contributed by atoms with E-state index in [2.05, 4.69) is 27.3 Å². The Bertz CT molecular complexity index is 346. The summed E-state index contributed by atoms with van der Waals surface area (Å²) in [5.41, 5.74) is -0.0744. The Balaban J connectivity index is 3.02. The number of aromatic hydroxyl groups is 2. The van der Waals surface area contributed by atoms with Crippen molar-refractivity contribution in [3.8, 4) is 11.8 Å². The Hall–Kier alpha value is -1.50. The summed E-state index contributed by atoms with van der Waals surface area (Å²) >= 11 is 3.73. The maximum absolute atomic E-state index is 10.9. The highest BCUT2D eigenvalue weighted by atomic mass is 32.1. The number of ether oxygens (including phenoxy) is 1. The molecule has 0 aliphatic rings. The van der Waals surface area contributed by atoms with E-state index < -0.39 is 17.7 Å². The van der Waals surface area contributed by atoms with E-state index >= 15 is 0 Å². The average molecular weight is 216 g/mol. The van der Waals surface area contributed by atoms with Gasteiger partial charge in [-0.25, -0.2) is 0 Å². The molecule has 0 bridgehead atoms. The number of aromatic nitrogens is 2. The van der Waals surface area contributed by atoms with Crippen molar-refractivity contribution in [3.05, 3.63) is 5.56 Å². The topological polar surface area (TPSA) is 92.5 Å². The minimum Gasteiger partial charge on any atom is -0.493 e. The summed E-state index contributed by atoms with van der Waals surface area (Å²) in [7, 11) is 1.20. The number of esters is 1. The van der Waals surface area contributed by atoms with Gasteiger partial charge in [0.2, 0.25) is 11.8 Å². The number of carbonyl (C=O) groups is 1. The SMILES string of the molecule is COC(=O)Cc1c(O)nc(S)nc1O. The molecule has 76 valence electrons. The van der Waals surface area contributed by atoms with Crippen LogP contribution in [0.5, 0.6) is 11.8 Å². The van der Waals surface area contributed by atoms with E-state index in [4.69, 9.17) is 0 Å². The number of carbonyl (C=O) groups excluding carboxylic acids is 1. The van der Waals surface area contributed by atoms with Crippen molar-refractivity contribution in [1.82, 2.24) is 9.97 Å². The molecule has 0 amide bonds. The quantitative estimate of drug-likeness (QED) is 0.363. The predicted octanol–water partition coefficient (Wildman–Crippen LogP) is -0.108. The fourth-order valence-electron chi connectivity index (χ4n) is 0.824. The van der Waals surface area contributed by atoms with Crippen LogP contribution in [-0.2, 0) is 16.0 Å². The van der Waals surface area contributed by atoms with Crippen LogP contribution in [0.4, 0.5) is 0 Å². The van der Waals surface area contributed by atoms with Crippen molar-refractivity contribution < 1.29 is 19.7 Å². The first-order chi connectivity index (χ1) is 6.54. The molecule has 0 aromatic carbocycles. The molecule has 7 heteroatoms. The van der Waals surface area contributed by atoms with Gasteiger partial charge >= 0.3 is 5.97 Å². The molecule has 2 N–H and O–H groups in total. The normalized spacial score (nSPS) is 9.86. The number of rotatable bonds is 2. The van der Waals surface area contributed by atoms with E-state index in [-0.39, 0.29) is 17.1 Å². The van der Waals surface area contributed by atoms with Crippen LogP contribution >= 0.6 is 12.6 Å². The Labute approximate surface area is 85.0 Å². The third-order valence-corrected chi connectivity index (χ3v) is 1.70. The van der Waals surface area contributed by atoms with Crippen molar-refractivity contribution in [2.45, 2.75) is 11.6 Å². The molecular formula is C7H8N2O4S. The molecule has 14 heavy (non-hydrogen) atoms. The second-order valence-electron chi connectivity index (χ2n) is 2.40. The van der Waals surface area contributed by atoms with Crippen LogP contribution in [0.3, 0.4) is 0 Å². The van der Waals surface area contributed by atoms with Gasteiger partial charge in [-0.3, -0.25) is 4.79 Å². The van der Waals surface area contributed by atoms with Crippen molar-refractivity contribution in [1.29, 1.82) is 0 Å². The summed E-state index contributed by atoms with van der Waals surface area (Å²) < 4.78 is 4.36. The molecule has 0 unspecified atom stereocenters. The zero-order valence-corrected chi connectivity index (χ0v) is 8.15. The third kappa shape index (κ3) is 2.25. The lowest BCUT2D eigenvalue weighted by Gasteiger charge is -2.04. The molecule has 0 aliphatic heterocycles. The van der Waals surface area contributed by atoms with Gasteiger partial charge in [-0.2, -0.15) is 9.97 Å². The zero-order chi connectivity index (χ0) is 10.7. The highest BCUT2D eigenvalue weighted by Crippen LogP contribution is 2.24. The second kappa shape index (κ2) is 4.14. The van der Waals surface area contributed by atoms with Gasteiger partial charge in [-0.05, 0) is 0 Å². The zero-order valence-electron chi connectivity index (χ0n) is 7.26. The second-order valence-corrected chi connectivity index (χ2v) is 2.80. The van der Waals surface area contributed by atoms with E-state index in [0.717, 1.165) is 0 Å². The number of hydrogen-bond donors (Lipinski definition) is 3. The lowest BCUT2D eigenvalue weighted by Crippen LogP contribution is -2.06. The van der Waals surface area contributed by atoms with E-state index in [0.29, 0.717) is 0 Å². The van der Waals surface area contributed by atoms with Gasteiger partial charge in [0, 0.05) is 0 Å². The maximum atomic E-state index is 10.9. The van der Waals surface area contributed by atoms with Crippen LogP contribution in [0.15, 0.2) is 5.16 Å². The van der Waals surface area contributed by atoms with Gasteiger partial charge in [0.15, 0.2) is 5.16 Å². The minimum absolute atomic E-state index is 0.0744. The van der Waals surface area contributed by atoms with E-state index in [1.54, 1.807) is 0 Å². The van der Waals surface area contributed by atoms with E-state index in [1.807, 2.05) is 0 Å². The molecule has 1 rings (SSSR count). The molecule has 0 spiro atoms. The first kappa shape index (κ1) is 10.6. The summed E-state index contributed by atoms with van der Waals surface area (Å²) in [6.07, 6.45) is -0.289. The Morgan fingerprint density at radius 3 is 2.36 bits per heavy atom. The Morgan fingerprint density at radius 2 is 1.93 bits per heavy atom. The molecule has 1 aromatic rings. The van der Waals surface area contributed by atoms with E-state index in [1.165, 1.54) is 7.11 Å². The molecule has 0 atom stereocenters. The molecule has 1 heterocycles. The van der Waals surface area contributed by atoms with Gasteiger partial charge in [0.25, 0.3) is 0 Å². The first-order valence-electron chi connectivity index (χ1n) is 3.59. The van der Waals surface area contributed by atoms with Crippen LogP contribution in [0.1, 0.15) is 5.56 Å². The fourth-order valence-corrected chi connectivity index (χ4v) is 1.01. The predicted molar refractivity (Wildman–Crippen MR) is 48.3 cm³/mol. The maximum Gasteiger partial charge on any atom is 0.310 e. The highest BCUT2D eigenvalue weighted by Gasteiger charge is 2.15. The lowest BCUT2D eigenvalue weighted by atomic mass is 10.2. The Morgan fingerprint density at radius 1 is 1.43 bits per heavy atom. The molecule has 6 nitrogen and oxygen atoms in total. The summed E-state index contributed by atoms with van der Waals surface area (Å²) in [6.45, 7) is 0. The van der Waals surface area contributed by atoms with Crippen molar-refractivity contribution in [3.63, 3.8) is 0 Å². The molecule has 0 fully saturated rings. The van der Waals surface area contributed by atoms with Crippen LogP contribution < -0.4 is 0 Å². The standard InChI is InChI=1S/C7H8N2O4S/c1-13-4(10)2-3-5(11)8-7(14)9-6(3)12/h2H2,1H3,(H3,8,9,11,12,14). The molecule has 0 saturated carbocycles. The molecule has 0 radical (unpaired) electrons. The van der Waals surface area contributed by atoms with Gasteiger partial charge in [-0.15, -0.1) is 12.6 Å². The van der Waals surface area contributed by atoms with Crippen molar-refractivity contribution in [2.75, 3.05) is 7.11 Å². The monoisotopic (exact) mass is 216 g/mol. The third-order valence-electron chi connectivity index (χ3n) is 1.50. The van der Waals surface area contributed by atoms with Crippen molar-refractivity contribution >= 4 is 18.6 Å².